The van der Waals surface area contributed by atoms with Crippen molar-refractivity contribution in [1.82, 2.24) is 14.8 Å². The van der Waals surface area contributed by atoms with Crippen LogP contribution in [0.4, 0.5) is 5.69 Å². The Bertz CT molecular complexity index is 963. The van der Waals surface area contributed by atoms with Crippen molar-refractivity contribution in [1.29, 1.82) is 0 Å². The largest absolute Gasteiger partial charge is 0.425 e. The molecule has 29 heavy (non-hydrogen) atoms. The molecule has 0 radical (unpaired) electrons. The topological polar surface area (TPSA) is 69.0 Å². The molecule has 0 aliphatic rings. The summed E-state index contributed by atoms with van der Waals surface area (Å²) in [5.74, 6) is 1.35. The molecule has 0 bridgehead atoms. The second kappa shape index (κ2) is 9.60. The molecule has 152 valence electrons. The fraction of sp³-hybridized carbons (Fsp3) is 0.318. The molecule has 2 aromatic carbocycles. The first-order chi connectivity index (χ1) is 14.0. The van der Waals surface area contributed by atoms with Crippen LogP contribution in [0.5, 0.6) is 5.75 Å². The van der Waals surface area contributed by atoms with Crippen molar-refractivity contribution in [3.05, 3.63) is 65.0 Å². The summed E-state index contributed by atoms with van der Waals surface area (Å²) in [7, 11) is 0. The van der Waals surface area contributed by atoms with Gasteiger partial charge in [0.15, 0.2) is 11.0 Å². The summed E-state index contributed by atoms with van der Waals surface area (Å²) in [4.78, 5) is 12.3. The molecule has 0 saturated carbocycles. The Labute approximate surface area is 175 Å². The van der Waals surface area contributed by atoms with Gasteiger partial charge in [-0.25, -0.2) is 0 Å². The first-order valence-corrected chi connectivity index (χ1v) is 10.6. The number of benzene rings is 2. The smallest absolute Gasteiger partial charge is 0.321 e. The number of aromatic nitrogens is 3. The van der Waals surface area contributed by atoms with Crippen molar-refractivity contribution in [3.8, 4) is 5.75 Å². The van der Waals surface area contributed by atoms with E-state index in [0.29, 0.717) is 17.5 Å². The Balaban J connectivity index is 1.59. The molecule has 6 nitrogen and oxygen atoms in total. The van der Waals surface area contributed by atoms with Crippen LogP contribution >= 0.6 is 11.8 Å². The Morgan fingerprint density at radius 3 is 2.41 bits per heavy atom. The van der Waals surface area contributed by atoms with E-state index in [0.717, 1.165) is 29.2 Å². The monoisotopic (exact) mass is 410 g/mol. The van der Waals surface area contributed by atoms with Crippen LogP contribution in [0.25, 0.3) is 0 Å². The van der Waals surface area contributed by atoms with E-state index in [1.165, 1.54) is 17.3 Å². The summed E-state index contributed by atoms with van der Waals surface area (Å²) in [6, 6.07) is 14.0. The molecule has 7 heteroatoms. The molecule has 1 aromatic heterocycles. The van der Waals surface area contributed by atoms with Gasteiger partial charge in [-0.05, 0) is 51.0 Å². The van der Waals surface area contributed by atoms with Crippen LogP contribution < -0.4 is 10.1 Å². The Morgan fingerprint density at radius 1 is 1.07 bits per heavy atom. The van der Waals surface area contributed by atoms with Gasteiger partial charge in [-0.2, -0.15) is 0 Å². The quantitative estimate of drug-likeness (QED) is 0.334. The van der Waals surface area contributed by atoms with Crippen molar-refractivity contribution in [2.24, 2.45) is 0 Å². The van der Waals surface area contributed by atoms with Crippen molar-refractivity contribution in [3.63, 3.8) is 0 Å². The minimum atomic E-state index is -0.294. The number of esters is 1. The van der Waals surface area contributed by atoms with Crippen LogP contribution in [-0.4, -0.2) is 26.5 Å². The van der Waals surface area contributed by atoms with Crippen LogP contribution in [0.1, 0.15) is 29.4 Å². The molecule has 0 unspecified atom stereocenters. The number of aryl methyl sites for hydroxylation is 3. The number of hydrogen-bond acceptors (Lipinski definition) is 6. The minimum Gasteiger partial charge on any atom is -0.425 e. The summed E-state index contributed by atoms with van der Waals surface area (Å²) in [5, 5.41) is 12.6. The molecule has 0 amide bonds. The Kier molecular flexibility index (Phi) is 6.93. The number of anilines is 1. The van der Waals surface area contributed by atoms with E-state index in [1.807, 2.05) is 55.7 Å². The summed E-state index contributed by atoms with van der Waals surface area (Å²) in [6.07, 6.45) is 0. The van der Waals surface area contributed by atoms with E-state index >= 15 is 0 Å². The molecule has 1 heterocycles. The minimum absolute atomic E-state index is 0.178. The first kappa shape index (κ1) is 20.9. The number of rotatable bonds is 8. The Hall–Kier alpha value is -2.80. The highest BCUT2D eigenvalue weighted by molar-refractivity contribution is 7.99. The van der Waals surface area contributed by atoms with Gasteiger partial charge in [0.1, 0.15) is 5.75 Å². The standard InChI is InChI=1S/C22H26N4O2S/c1-5-26-19(13-23-18-11-9-15(2)10-12-18)24-25-22(26)29-14-20(27)28-21-16(3)7-6-8-17(21)4/h6-12,23H,5,13-14H2,1-4H3. The highest BCUT2D eigenvalue weighted by Crippen LogP contribution is 2.24. The normalized spacial score (nSPS) is 10.8. The number of carbonyl (C=O) groups excluding carboxylic acids is 1. The summed E-state index contributed by atoms with van der Waals surface area (Å²) in [5.41, 5.74) is 4.15. The summed E-state index contributed by atoms with van der Waals surface area (Å²) >= 11 is 1.34. The lowest BCUT2D eigenvalue weighted by Crippen LogP contribution is -2.13. The van der Waals surface area contributed by atoms with Gasteiger partial charge in [-0.15, -0.1) is 10.2 Å². The van der Waals surface area contributed by atoms with Gasteiger partial charge in [-0.1, -0.05) is 47.7 Å². The number of carbonyl (C=O) groups is 1. The lowest BCUT2D eigenvalue weighted by Gasteiger charge is -2.11. The molecule has 0 atom stereocenters. The van der Waals surface area contributed by atoms with E-state index in [-0.39, 0.29) is 11.7 Å². The number of para-hydroxylation sites is 1. The van der Waals surface area contributed by atoms with Gasteiger partial charge in [0, 0.05) is 12.2 Å². The third kappa shape index (κ3) is 5.38. The third-order valence-corrected chi connectivity index (χ3v) is 5.50. The highest BCUT2D eigenvalue weighted by atomic mass is 32.2. The van der Waals surface area contributed by atoms with Gasteiger partial charge in [-0.3, -0.25) is 4.79 Å². The van der Waals surface area contributed by atoms with Gasteiger partial charge in [0.05, 0.1) is 12.3 Å². The van der Waals surface area contributed by atoms with E-state index in [2.05, 4.69) is 34.6 Å². The summed E-state index contributed by atoms with van der Waals surface area (Å²) < 4.78 is 7.58. The molecule has 0 saturated heterocycles. The Morgan fingerprint density at radius 2 is 1.76 bits per heavy atom. The molecule has 0 aliphatic carbocycles. The maximum atomic E-state index is 12.3. The van der Waals surface area contributed by atoms with Crippen LogP contribution in [-0.2, 0) is 17.9 Å². The van der Waals surface area contributed by atoms with Gasteiger partial charge >= 0.3 is 5.97 Å². The van der Waals surface area contributed by atoms with Crippen molar-refractivity contribution in [2.45, 2.75) is 45.9 Å². The zero-order chi connectivity index (χ0) is 20.8. The van der Waals surface area contributed by atoms with Crippen LogP contribution in [0.2, 0.25) is 0 Å². The molecule has 0 aliphatic heterocycles. The maximum absolute atomic E-state index is 12.3. The van der Waals surface area contributed by atoms with E-state index < -0.39 is 0 Å². The van der Waals surface area contributed by atoms with Gasteiger partial charge in [0.2, 0.25) is 0 Å². The van der Waals surface area contributed by atoms with Crippen molar-refractivity contribution < 1.29 is 9.53 Å². The fourth-order valence-corrected chi connectivity index (χ4v) is 3.75. The highest BCUT2D eigenvalue weighted by Gasteiger charge is 2.15. The molecule has 0 fully saturated rings. The van der Waals surface area contributed by atoms with Crippen LogP contribution in [0.3, 0.4) is 0 Å². The third-order valence-electron chi connectivity index (χ3n) is 4.56. The average Bonchev–Trinajstić information content (AvgIpc) is 3.10. The lowest BCUT2D eigenvalue weighted by atomic mass is 10.1. The molecule has 3 aromatic rings. The van der Waals surface area contributed by atoms with Crippen molar-refractivity contribution in [2.75, 3.05) is 11.1 Å². The van der Waals surface area contributed by atoms with Crippen molar-refractivity contribution >= 4 is 23.4 Å². The number of ether oxygens (including phenoxy) is 1. The number of thioether (sulfide) groups is 1. The van der Waals surface area contributed by atoms with E-state index in [1.54, 1.807) is 0 Å². The molecule has 3 rings (SSSR count). The molecule has 1 N–H and O–H groups in total. The fourth-order valence-electron chi connectivity index (χ4n) is 2.95. The first-order valence-electron chi connectivity index (χ1n) is 9.60. The number of hydrogen-bond donors (Lipinski definition) is 1. The SMILES string of the molecule is CCn1c(CNc2ccc(C)cc2)nnc1SCC(=O)Oc1c(C)cccc1C. The second-order valence-corrected chi connectivity index (χ2v) is 7.79. The lowest BCUT2D eigenvalue weighted by molar-refractivity contribution is -0.131. The van der Waals surface area contributed by atoms with Crippen LogP contribution in [0.15, 0.2) is 47.6 Å². The average molecular weight is 411 g/mol. The molecular weight excluding hydrogens is 384 g/mol. The molecule has 0 spiro atoms. The van der Waals surface area contributed by atoms with Gasteiger partial charge < -0.3 is 14.6 Å². The van der Waals surface area contributed by atoms with E-state index in [4.69, 9.17) is 4.74 Å². The predicted octanol–water partition coefficient (Wildman–Crippen LogP) is 4.53. The second-order valence-electron chi connectivity index (χ2n) is 6.85. The summed E-state index contributed by atoms with van der Waals surface area (Å²) in [6.45, 7) is 9.27. The van der Waals surface area contributed by atoms with E-state index in [9.17, 15) is 4.79 Å². The van der Waals surface area contributed by atoms with Gasteiger partial charge in [0.25, 0.3) is 0 Å². The zero-order valence-electron chi connectivity index (χ0n) is 17.2. The van der Waals surface area contributed by atoms with Crippen LogP contribution in [0, 0.1) is 20.8 Å². The number of nitrogens with one attached hydrogen (secondary N) is 1. The zero-order valence-corrected chi connectivity index (χ0v) is 18.0. The number of nitrogens with zero attached hydrogens (tertiary/aromatic N) is 3. The predicted molar refractivity (Wildman–Crippen MR) is 116 cm³/mol. The maximum Gasteiger partial charge on any atom is 0.321 e. The molecular formula is C22H26N4O2S.